The normalized spacial score (nSPS) is 10.6. The molecule has 0 atom stereocenters. The van der Waals surface area contributed by atoms with Crippen molar-refractivity contribution in [2.24, 2.45) is 0 Å². The first-order valence-electron chi connectivity index (χ1n) is 13.0. The van der Waals surface area contributed by atoms with E-state index in [0.717, 1.165) is 40.5 Å². The second kappa shape index (κ2) is 17.5. The van der Waals surface area contributed by atoms with Crippen LogP contribution in [0, 0.1) is 13.8 Å². The average Bonchev–Trinajstić information content (AvgIpc) is 2.92. The summed E-state index contributed by atoms with van der Waals surface area (Å²) in [6.45, 7) is 9.90. The van der Waals surface area contributed by atoms with E-state index in [1.807, 2.05) is 27.7 Å². The second-order valence-electron chi connectivity index (χ2n) is 8.56. The number of pyridine rings is 2. The monoisotopic (exact) mass is 760 g/mol. The Kier molecular flexibility index (Phi) is 14.8. The number of rotatable bonds is 9. The Hall–Kier alpha value is -2.46. The van der Waals surface area contributed by atoms with Gasteiger partial charge in [-0.25, -0.2) is 9.97 Å². The molecule has 0 saturated carbocycles. The molecule has 4 rings (SSSR count). The maximum Gasteiger partial charge on any atom is 0.266 e. The van der Waals surface area contributed by atoms with Crippen LogP contribution in [0.1, 0.15) is 38.1 Å². The molecule has 0 spiro atoms. The van der Waals surface area contributed by atoms with E-state index >= 15 is 0 Å². The number of anilines is 2. The van der Waals surface area contributed by atoms with Crippen molar-refractivity contribution < 1.29 is 10.2 Å². The first-order chi connectivity index (χ1) is 19.6. The fourth-order valence-corrected chi connectivity index (χ4v) is 4.56. The van der Waals surface area contributed by atoms with Crippen molar-refractivity contribution in [2.75, 3.05) is 42.3 Å². The predicted molar refractivity (Wildman–Crippen MR) is 174 cm³/mol. The Bertz CT molecular complexity index is 1560. The number of aliphatic hydroxyl groups is 2. The highest BCUT2D eigenvalue weighted by molar-refractivity contribution is 9.10. The second-order valence-corrected chi connectivity index (χ2v) is 11.1. The summed E-state index contributed by atoms with van der Waals surface area (Å²) < 4.78 is 2.54. The number of H-pyrrole nitrogens is 1. The summed E-state index contributed by atoms with van der Waals surface area (Å²) in [5.74, 6) is 1.04. The van der Waals surface area contributed by atoms with E-state index in [9.17, 15) is 9.59 Å². The van der Waals surface area contributed by atoms with Crippen molar-refractivity contribution in [1.29, 1.82) is 0 Å². The molecule has 0 aliphatic heterocycles. The minimum absolute atomic E-state index is 0.0323. The SMILES string of the molecule is CCNc1nc(C)c2cc(Br)c(=O)[nH]c2n1.CCNc1nc(C)c2cc(Br)c(=O)n(CCCO)c2n1.OCCCBr. The third-order valence-electron chi connectivity index (χ3n) is 5.45. The molecule has 0 aromatic carbocycles. The number of nitrogens with one attached hydrogen (secondary N) is 3. The van der Waals surface area contributed by atoms with E-state index in [2.05, 4.69) is 83.3 Å². The average molecular weight is 763 g/mol. The zero-order valence-electron chi connectivity index (χ0n) is 23.4. The molecule has 4 aromatic heterocycles. The van der Waals surface area contributed by atoms with Gasteiger partial charge in [0.2, 0.25) is 11.9 Å². The Morgan fingerprint density at radius 1 is 0.854 bits per heavy atom. The molecule has 0 amide bonds. The van der Waals surface area contributed by atoms with Gasteiger partial charge in [0.1, 0.15) is 11.3 Å². The van der Waals surface area contributed by atoms with Gasteiger partial charge in [-0.05, 0) is 84.5 Å². The van der Waals surface area contributed by atoms with Crippen LogP contribution in [0.2, 0.25) is 0 Å². The number of aromatic nitrogens is 6. The molecular weight excluding hydrogens is 728 g/mol. The maximum absolute atomic E-state index is 12.2. The van der Waals surface area contributed by atoms with Crippen molar-refractivity contribution in [1.82, 2.24) is 29.5 Å². The first-order valence-corrected chi connectivity index (χ1v) is 15.7. The number of aryl methyl sites for hydroxylation is 3. The molecule has 4 aromatic rings. The maximum atomic E-state index is 12.2. The van der Waals surface area contributed by atoms with Crippen LogP contribution in [0.3, 0.4) is 0 Å². The van der Waals surface area contributed by atoms with Gasteiger partial charge in [0, 0.05) is 49.0 Å². The minimum Gasteiger partial charge on any atom is -0.396 e. The number of fused-ring (bicyclic) bond motifs is 2. The van der Waals surface area contributed by atoms with Crippen molar-refractivity contribution in [2.45, 2.75) is 47.1 Å². The Morgan fingerprint density at radius 2 is 1.41 bits per heavy atom. The lowest BCUT2D eigenvalue weighted by Gasteiger charge is -2.12. The first kappa shape index (κ1) is 34.7. The number of aromatic amines is 1. The van der Waals surface area contributed by atoms with Crippen LogP contribution >= 0.6 is 47.8 Å². The summed E-state index contributed by atoms with van der Waals surface area (Å²) >= 11 is 9.61. The minimum atomic E-state index is -0.187. The van der Waals surface area contributed by atoms with E-state index in [-0.39, 0.29) is 17.7 Å². The summed E-state index contributed by atoms with van der Waals surface area (Å²) in [7, 11) is 0. The van der Waals surface area contributed by atoms with E-state index in [4.69, 9.17) is 10.2 Å². The topological polar surface area (TPSA) is 171 Å². The number of nitrogens with zero attached hydrogens (tertiary/aromatic N) is 5. The van der Waals surface area contributed by atoms with E-state index in [1.54, 1.807) is 16.7 Å². The third-order valence-corrected chi connectivity index (χ3v) is 7.17. The summed E-state index contributed by atoms with van der Waals surface area (Å²) in [5, 5.41) is 25.7. The molecule has 15 heteroatoms. The molecule has 224 valence electrons. The van der Waals surface area contributed by atoms with E-state index < -0.39 is 0 Å². The van der Waals surface area contributed by atoms with Crippen LogP contribution in [0.25, 0.3) is 22.1 Å². The van der Waals surface area contributed by atoms with Crippen LogP contribution in [-0.2, 0) is 6.54 Å². The molecular formula is C26H35Br3N8O4. The van der Waals surface area contributed by atoms with Gasteiger partial charge in [0.25, 0.3) is 11.1 Å². The summed E-state index contributed by atoms with van der Waals surface area (Å²) in [5.41, 5.74) is 2.45. The molecule has 4 heterocycles. The molecule has 0 unspecified atom stereocenters. The molecule has 0 saturated heterocycles. The van der Waals surface area contributed by atoms with Crippen molar-refractivity contribution in [3.63, 3.8) is 0 Å². The van der Waals surface area contributed by atoms with Crippen LogP contribution in [0.5, 0.6) is 0 Å². The van der Waals surface area contributed by atoms with Gasteiger partial charge in [-0.15, -0.1) is 0 Å². The van der Waals surface area contributed by atoms with Gasteiger partial charge in [0.05, 0.1) is 20.3 Å². The molecule has 5 N–H and O–H groups in total. The number of halogens is 3. The Balaban J connectivity index is 0.000000251. The third kappa shape index (κ3) is 9.81. The van der Waals surface area contributed by atoms with E-state index in [1.165, 1.54) is 0 Å². The fourth-order valence-electron chi connectivity index (χ4n) is 3.53. The van der Waals surface area contributed by atoms with Crippen molar-refractivity contribution in [3.05, 3.63) is 53.2 Å². The van der Waals surface area contributed by atoms with Gasteiger partial charge < -0.3 is 25.8 Å². The number of alkyl halides is 1. The summed E-state index contributed by atoms with van der Waals surface area (Å²) in [6.07, 6.45) is 1.37. The lowest BCUT2D eigenvalue weighted by molar-refractivity contribution is 0.279. The molecule has 0 bridgehead atoms. The molecule has 0 radical (unpaired) electrons. The molecule has 0 aliphatic rings. The zero-order valence-corrected chi connectivity index (χ0v) is 28.2. The summed E-state index contributed by atoms with van der Waals surface area (Å²) in [6, 6.07) is 3.48. The van der Waals surface area contributed by atoms with Crippen molar-refractivity contribution >= 4 is 81.8 Å². The quantitative estimate of drug-likeness (QED) is 0.155. The van der Waals surface area contributed by atoms with Gasteiger partial charge in [0.15, 0.2) is 0 Å². The smallest absolute Gasteiger partial charge is 0.266 e. The van der Waals surface area contributed by atoms with Gasteiger partial charge in [-0.3, -0.25) is 14.2 Å². The standard InChI is InChI=1S/C13H17BrN4O2.C10H11BrN4O.C3H7BrO/c1-3-15-13-16-8(2)9-7-10(14)12(20)18(5-4-6-19)11(9)17-13;1-3-12-10-13-5(2)6-4-7(11)9(16)14-8(6)15-10;4-2-1-3-5/h7,19H,3-6H2,1-2H3,(H,15,16,17);4H,3H2,1-2H3,(H2,12,13,14,15,16);5H,1-3H2. The molecule has 41 heavy (non-hydrogen) atoms. The van der Waals surface area contributed by atoms with E-state index in [0.29, 0.717) is 58.3 Å². The van der Waals surface area contributed by atoms with Gasteiger partial charge in [-0.2, -0.15) is 9.97 Å². The van der Waals surface area contributed by atoms with Crippen molar-refractivity contribution in [3.8, 4) is 0 Å². The van der Waals surface area contributed by atoms with Gasteiger partial charge in [-0.1, -0.05) is 15.9 Å². The Morgan fingerprint density at radius 3 is 1.95 bits per heavy atom. The lowest BCUT2D eigenvalue weighted by Crippen LogP contribution is -2.23. The zero-order chi connectivity index (χ0) is 30.5. The lowest BCUT2D eigenvalue weighted by atomic mass is 10.2. The van der Waals surface area contributed by atoms with Crippen LogP contribution < -0.4 is 21.8 Å². The number of hydrogen-bond acceptors (Lipinski definition) is 10. The largest absolute Gasteiger partial charge is 0.396 e. The highest BCUT2D eigenvalue weighted by Crippen LogP contribution is 2.20. The molecule has 0 aliphatic carbocycles. The predicted octanol–water partition coefficient (Wildman–Crippen LogP) is 4.26. The molecule has 0 fully saturated rings. The highest BCUT2D eigenvalue weighted by atomic mass is 79.9. The van der Waals surface area contributed by atoms with Gasteiger partial charge >= 0.3 is 0 Å². The highest BCUT2D eigenvalue weighted by Gasteiger charge is 2.13. The number of hydrogen-bond donors (Lipinski definition) is 5. The molecule has 12 nitrogen and oxygen atoms in total. The van der Waals surface area contributed by atoms with Crippen LogP contribution in [-0.4, -0.2) is 71.3 Å². The van der Waals surface area contributed by atoms with Crippen LogP contribution in [0.4, 0.5) is 11.9 Å². The fraction of sp³-hybridized carbons (Fsp3) is 0.462. The summed E-state index contributed by atoms with van der Waals surface area (Å²) in [4.78, 5) is 43.7. The Labute approximate surface area is 262 Å². The van der Waals surface area contributed by atoms with Crippen LogP contribution in [0.15, 0.2) is 30.7 Å². The number of aliphatic hydroxyl groups excluding tert-OH is 2.